The highest BCUT2D eigenvalue weighted by Gasteiger charge is 2.28. The van der Waals surface area contributed by atoms with Gasteiger partial charge in [0.25, 0.3) is 0 Å². The molecule has 1 aromatic rings. The van der Waals surface area contributed by atoms with Crippen molar-refractivity contribution in [2.45, 2.75) is 26.3 Å². The van der Waals surface area contributed by atoms with Gasteiger partial charge in [-0.15, -0.1) is 0 Å². The molecule has 0 aromatic carbocycles. The normalized spacial score (nSPS) is 10.9. The Morgan fingerprint density at radius 2 is 2.06 bits per heavy atom. The highest BCUT2D eigenvalue weighted by atomic mass is 16.4. The average molecular weight is 222 g/mol. The Balaban J connectivity index is 3.12. The Hall–Kier alpha value is -1.91. The quantitative estimate of drug-likeness (QED) is 0.778. The van der Waals surface area contributed by atoms with E-state index in [1.165, 1.54) is 18.3 Å². The van der Waals surface area contributed by atoms with Gasteiger partial charge in [0.05, 0.1) is 0 Å². The van der Waals surface area contributed by atoms with Crippen LogP contribution in [-0.2, 0) is 0 Å². The summed E-state index contributed by atoms with van der Waals surface area (Å²) in [6, 6.07) is 3.06. The third kappa shape index (κ3) is 2.56. The molecular weight excluding hydrogens is 208 g/mol. The lowest BCUT2D eigenvalue weighted by molar-refractivity contribution is 0.112. The van der Waals surface area contributed by atoms with Crippen LogP contribution < -0.4 is 4.90 Å². The van der Waals surface area contributed by atoms with Crippen LogP contribution in [0.5, 0.6) is 0 Å². The summed E-state index contributed by atoms with van der Waals surface area (Å²) in [6.07, 6.45) is 0.946. The van der Waals surface area contributed by atoms with Crippen LogP contribution in [0, 0.1) is 0 Å². The maximum absolute atomic E-state index is 11.1. The number of pyridine rings is 1. The van der Waals surface area contributed by atoms with Crippen molar-refractivity contribution in [3.63, 3.8) is 0 Å². The van der Waals surface area contributed by atoms with Crippen LogP contribution in [0.4, 0.5) is 10.6 Å². The molecule has 1 amide bonds. The molecule has 0 unspecified atom stereocenters. The molecule has 0 fully saturated rings. The van der Waals surface area contributed by atoms with Crippen LogP contribution in [0.15, 0.2) is 18.3 Å². The molecule has 0 atom stereocenters. The van der Waals surface area contributed by atoms with Gasteiger partial charge in [-0.2, -0.15) is 0 Å². The highest BCUT2D eigenvalue weighted by molar-refractivity contribution is 5.86. The standard InChI is InChI=1S/C11H14N2O3/c1-11(2,3)13(10(15)16)9-5-4-8(7-14)6-12-9/h4-7H,1-3H3,(H,15,16). The molecule has 0 aliphatic rings. The van der Waals surface area contributed by atoms with Gasteiger partial charge in [0.15, 0.2) is 6.29 Å². The predicted molar refractivity (Wildman–Crippen MR) is 59.9 cm³/mol. The second-order valence-electron chi connectivity index (χ2n) is 4.36. The number of amides is 1. The van der Waals surface area contributed by atoms with E-state index in [2.05, 4.69) is 4.98 Å². The predicted octanol–water partition coefficient (Wildman–Crippen LogP) is 2.18. The summed E-state index contributed by atoms with van der Waals surface area (Å²) in [5.41, 5.74) is -0.162. The fourth-order valence-corrected chi connectivity index (χ4v) is 1.33. The summed E-state index contributed by atoms with van der Waals surface area (Å²) in [5, 5.41) is 9.11. The number of carbonyl (C=O) groups is 2. The van der Waals surface area contributed by atoms with E-state index >= 15 is 0 Å². The maximum atomic E-state index is 11.1. The molecule has 5 nitrogen and oxygen atoms in total. The van der Waals surface area contributed by atoms with Gasteiger partial charge in [-0.05, 0) is 32.9 Å². The van der Waals surface area contributed by atoms with Crippen LogP contribution in [0.1, 0.15) is 31.1 Å². The number of nitrogens with zero attached hydrogens (tertiary/aromatic N) is 2. The second kappa shape index (κ2) is 4.30. The first-order valence-electron chi connectivity index (χ1n) is 4.80. The van der Waals surface area contributed by atoms with Crippen molar-refractivity contribution in [1.82, 2.24) is 4.98 Å². The van der Waals surface area contributed by atoms with E-state index in [4.69, 9.17) is 5.11 Å². The summed E-state index contributed by atoms with van der Waals surface area (Å²) < 4.78 is 0. The van der Waals surface area contributed by atoms with E-state index in [0.717, 1.165) is 4.90 Å². The number of anilines is 1. The first-order chi connectivity index (χ1) is 7.36. The van der Waals surface area contributed by atoms with Crippen molar-refractivity contribution < 1.29 is 14.7 Å². The topological polar surface area (TPSA) is 70.5 Å². The Morgan fingerprint density at radius 3 is 2.38 bits per heavy atom. The number of carbonyl (C=O) groups excluding carboxylic acids is 1. The van der Waals surface area contributed by atoms with Crippen molar-refractivity contribution >= 4 is 18.2 Å². The summed E-state index contributed by atoms with van der Waals surface area (Å²) >= 11 is 0. The van der Waals surface area contributed by atoms with E-state index in [1.54, 1.807) is 20.8 Å². The number of hydrogen-bond donors (Lipinski definition) is 1. The first-order valence-corrected chi connectivity index (χ1v) is 4.80. The smallest absolute Gasteiger partial charge is 0.413 e. The zero-order valence-corrected chi connectivity index (χ0v) is 9.47. The Kier molecular flexibility index (Phi) is 3.27. The third-order valence-electron chi connectivity index (χ3n) is 2.00. The fraction of sp³-hybridized carbons (Fsp3) is 0.364. The van der Waals surface area contributed by atoms with Gasteiger partial charge < -0.3 is 5.11 Å². The van der Waals surface area contributed by atoms with Crippen LogP contribution in [0.2, 0.25) is 0 Å². The van der Waals surface area contributed by atoms with Gasteiger partial charge in [-0.1, -0.05) is 0 Å². The highest BCUT2D eigenvalue weighted by Crippen LogP contribution is 2.21. The first kappa shape index (κ1) is 12.2. The minimum absolute atomic E-state index is 0.311. The minimum atomic E-state index is -1.07. The van der Waals surface area contributed by atoms with E-state index in [0.29, 0.717) is 17.7 Å². The molecule has 0 radical (unpaired) electrons. The maximum Gasteiger partial charge on any atom is 0.413 e. The number of hydrogen-bond acceptors (Lipinski definition) is 3. The molecular formula is C11H14N2O3. The number of rotatable bonds is 2. The second-order valence-corrected chi connectivity index (χ2v) is 4.36. The van der Waals surface area contributed by atoms with Crippen LogP contribution in [0.25, 0.3) is 0 Å². The Labute approximate surface area is 93.7 Å². The summed E-state index contributed by atoms with van der Waals surface area (Å²) in [4.78, 5) is 26.7. The molecule has 16 heavy (non-hydrogen) atoms. The van der Waals surface area contributed by atoms with Gasteiger partial charge in [0.1, 0.15) is 5.82 Å². The van der Waals surface area contributed by atoms with Gasteiger partial charge in [0, 0.05) is 17.3 Å². The molecule has 0 spiro atoms. The Bertz CT molecular complexity index is 393. The third-order valence-corrected chi connectivity index (χ3v) is 2.00. The largest absolute Gasteiger partial charge is 0.465 e. The molecule has 1 rings (SSSR count). The van der Waals surface area contributed by atoms with Crippen molar-refractivity contribution in [1.29, 1.82) is 0 Å². The van der Waals surface area contributed by atoms with Crippen molar-refractivity contribution in [2.24, 2.45) is 0 Å². The van der Waals surface area contributed by atoms with Gasteiger partial charge in [0.2, 0.25) is 0 Å². The Morgan fingerprint density at radius 1 is 1.44 bits per heavy atom. The molecule has 5 heteroatoms. The number of carboxylic acid groups (broad SMARTS) is 1. The van der Waals surface area contributed by atoms with Gasteiger partial charge >= 0.3 is 6.09 Å². The van der Waals surface area contributed by atoms with E-state index < -0.39 is 11.6 Å². The summed E-state index contributed by atoms with van der Waals surface area (Å²) in [7, 11) is 0. The molecule has 1 N–H and O–H groups in total. The molecule has 0 aliphatic carbocycles. The lowest BCUT2D eigenvalue weighted by Gasteiger charge is -2.31. The lowest BCUT2D eigenvalue weighted by atomic mass is 10.1. The van der Waals surface area contributed by atoms with Crippen LogP contribution >= 0.6 is 0 Å². The van der Waals surface area contributed by atoms with E-state index in [1.807, 2.05) is 0 Å². The number of aldehydes is 1. The van der Waals surface area contributed by atoms with Gasteiger partial charge in [-0.25, -0.2) is 9.78 Å². The number of aromatic nitrogens is 1. The van der Waals surface area contributed by atoms with Crippen molar-refractivity contribution in [3.05, 3.63) is 23.9 Å². The summed E-state index contributed by atoms with van der Waals surface area (Å²) in [6.45, 7) is 5.32. The zero-order valence-electron chi connectivity index (χ0n) is 9.47. The zero-order chi connectivity index (χ0) is 12.3. The molecule has 1 aromatic heterocycles. The van der Waals surface area contributed by atoms with E-state index in [-0.39, 0.29) is 0 Å². The molecule has 0 saturated heterocycles. The molecule has 0 bridgehead atoms. The van der Waals surface area contributed by atoms with Gasteiger partial charge in [-0.3, -0.25) is 9.69 Å². The molecule has 86 valence electrons. The average Bonchev–Trinajstić information content (AvgIpc) is 2.16. The molecule has 0 saturated carbocycles. The minimum Gasteiger partial charge on any atom is -0.465 e. The lowest BCUT2D eigenvalue weighted by Crippen LogP contribution is -2.45. The van der Waals surface area contributed by atoms with Crippen molar-refractivity contribution in [2.75, 3.05) is 4.90 Å². The monoisotopic (exact) mass is 222 g/mol. The molecule has 1 heterocycles. The SMILES string of the molecule is CC(C)(C)N(C(=O)O)c1ccc(C=O)cn1. The summed E-state index contributed by atoms with van der Waals surface area (Å²) in [5.74, 6) is 0.311. The van der Waals surface area contributed by atoms with Crippen LogP contribution in [0.3, 0.4) is 0 Å². The fourth-order valence-electron chi connectivity index (χ4n) is 1.33. The van der Waals surface area contributed by atoms with Crippen molar-refractivity contribution in [3.8, 4) is 0 Å². The van der Waals surface area contributed by atoms with E-state index in [9.17, 15) is 9.59 Å². The molecule has 0 aliphatic heterocycles. The van der Waals surface area contributed by atoms with Crippen LogP contribution in [-0.4, -0.2) is 28.0 Å².